The third-order valence-electron chi connectivity index (χ3n) is 3.04. The molecule has 0 spiro atoms. The summed E-state index contributed by atoms with van der Waals surface area (Å²) in [6, 6.07) is 12.4. The molecule has 86 valence electrons. The smallest absolute Gasteiger partial charge is 0.0599 e. The molecular formula is C14H15N3. The van der Waals surface area contributed by atoms with E-state index in [0.717, 1.165) is 24.3 Å². The minimum absolute atomic E-state index is 1.12. The fourth-order valence-corrected chi connectivity index (χ4v) is 1.94. The number of hydrogen-bond acceptors (Lipinski definition) is 3. The lowest BCUT2D eigenvalue weighted by Gasteiger charge is -2.32. The highest BCUT2D eigenvalue weighted by atomic mass is 15.5. The SMILES string of the molecule is c1ccc(-c2cnccc2NN2CCC2)cc1. The van der Waals surface area contributed by atoms with Crippen molar-refractivity contribution in [1.82, 2.24) is 9.99 Å². The molecular weight excluding hydrogens is 210 g/mol. The Bertz CT molecular complexity index is 492. The van der Waals surface area contributed by atoms with Gasteiger partial charge in [-0.2, -0.15) is 0 Å². The van der Waals surface area contributed by atoms with Gasteiger partial charge in [0.1, 0.15) is 0 Å². The van der Waals surface area contributed by atoms with Crippen molar-refractivity contribution in [2.45, 2.75) is 6.42 Å². The van der Waals surface area contributed by atoms with Crippen LogP contribution in [0.15, 0.2) is 48.8 Å². The van der Waals surface area contributed by atoms with Gasteiger partial charge in [0.25, 0.3) is 0 Å². The second-order valence-electron chi connectivity index (χ2n) is 4.24. The van der Waals surface area contributed by atoms with Crippen molar-refractivity contribution in [3.05, 3.63) is 48.8 Å². The van der Waals surface area contributed by atoms with Crippen LogP contribution in [-0.2, 0) is 0 Å². The zero-order chi connectivity index (χ0) is 11.5. The van der Waals surface area contributed by atoms with Gasteiger partial charge in [0.2, 0.25) is 0 Å². The minimum atomic E-state index is 1.12. The lowest BCUT2D eigenvalue weighted by molar-refractivity contribution is 0.226. The van der Waals surface area contributed by atoms with Crippen LogP contribution in [0.5, 0.6) is 0 Å². The average molecular weight is 225 g/mol. The van der Waals surface area contributed by atoms with E-state index in [2.05, 4.69) is 39.7 Å². The first-order chi connectivity index (χ1) is 8.43. The van der Waals surface area contributed by atoms with Crippen LogP contribution in [0.2, 0.25) is 0 Å². The maximum Gasteiger partial charge on any atom is 0.0599 e. The van der Waals surface area contributed by atoms with Crippen molar-refractivity contribution in [2.75, 3.05) is 18.5 Å². The molecule has 17 heavy (non-hydrogen) atoms. The van der Waals surface area contributed by atoms with Gasteiger partial charge in [0.15, 0.2) is 0 Å². The summed E-state index contributed by atoms with van der Waals surface area (Å²) < 4.78 is 0. The fraction of sp³-hybridized carbons (Fsp3) is 0.214. The number of pyridine rings is 1. The predicted molar refractivity (Wildman–Crippen MR) is 69.5 cm³/mol. The molecule has 2 aromatic rings. The Labute approximate surface area is 101 Å². The largest absolute Gasteiger partial charge is 0.318 e. The summed E-state index contributed by atoms with van der Waals surface area (Å²) in [5, 5.41) is 2.22. The van der Waals surface area contributed by atoms with Crippen molar-refractivity contribution in [2.24, 2.45) is 0 Å². The molecule has 3 heteroatoms. The van der Waals surface area contributed by atoms with Crippen molar-refractivity contribution in [3.8, 4) is 11.1 Å². The van der Waals surface area contributed by atoms with E-state index < -0.39 is 0 Å². The van der Waals surface area contributed by atoms with E-state index in [4.69, 9.17) is 0 Å². The normalized spacial score (nSPS) is 15.3. The first kappa shape index (κ1) is 10.3. The Hall–Kier alpha value is -1.87. The Balaban J connectivity index is 1.92. The van der Waals surface area contributed by atoms with Gasteiger partial charge >= 0.3 is 0 Å². The Kier molecular flexibility index (Phi) is 2.76. The average Bonchev–Trinajstić information content (AvgIpc) is 2.35. The third-order valence-corrected chi connectivity index (χ3v) is 3.04. The number of hydrogen-bond donors (Lipinski definition) is 1. The summed E-state index contributed by atoms with van der Waals surface area (Å²) in [4.78, 5) is 4.21. The summed E-state index contributed by atoms with van der Waals surface area (Å²) in [5.74, 6) is 0. The van der Waals surface area contributed by atoms with Gasteiger partial charge in [-0.05, 0) is 18.1 Å². The Morgan fingerprint density at radius 3 is 2.59 bits per heavy atom. The molecule has 0 atom stereocenters. The molecule has 0 saturated carbocycles. The second-order valence-corrected chi connectivity index (χ2v) is 4.24. The van der Waals surface area contributed by atoms with Crippen LogP contribution >= 0.6 is 0 Å². The number of nitrogens with zero attached hydrogens (tertiary/aromatic N) is 2. The molecule has 2 heterocycles. The first-order valence-electron chi connectivity index (χ1n) is 5.94. The lowest BCUT2D eigenvalue weighted by atomic mass is 10.1. The maximum atomic E-state index is 4.21. The van der Waals surface area contributed by atoms with Crippen molar-refractivity contribution in [3.63, 3.8) is 0 Å². The van der Waals surface area contributed by atoms with Gasteiger partial charge in [0, 0.05) is 31.0 Å². The molecule has 1 saturated heterocycles. The molecule has 0 aliphatic carbocycles. The minimum Gasteiger partial charge on any atom is -0.318 e. The first-order valence-corrected chi connectivity index (χ1v) is 5.94. The van der Waals surface area contributed by atoms with Crippen LogP contribution in [0.3, 0.4) is 0 Å². The number of aromatic nitrogens is 1. The van der Waals surface area contributed by atoms with Crippen LogP contribution in [0, 0.1) is 0 Å². The second kappa shape index (κ2) is 4.55. The molecule has 1 aromatic heterocycles. The molecule has 1 fully saturated rings. The standard InChI is InChI=1S/C14H15N3/c1-2-5-12(6-3-1)13-11-15-8-7-14(13)16-17-9-4-10-17/h1-3,5-8,11H,4,9-10H2,(H,15,16). The van der Waals surface area contributed by atoms with Gasteiger partial charge in [-0.1, -0.05) is 30.3 Å². The Morgan fingerprint density at radius 1 is 1.06 bits per heavy atom. The van der Waals surface area contributed by atoms with Crippen LogP contribution in [-0.4, -0.2) is 23.1 Å². The summed E-state index contributed by atoms with van der Waals surface area (Å²) >= 11 is 0. The molecule has 1 aliphatic rings. The predicted octanol–water partition coefficient (Wildman–Crippen LogP) is 2.78. The molecule has 0 bridgehead atoms. The molecule has 3 rings (SSSR count). The van der Waals surface area contributed by atoms with Gasteiger partial charge in [-0.15, -0.1) is 0 Å². The molecule has 0 radical (unpaired) electrons. The molecule has 3 nitrogen and oxygen atoms in total. The van der Waals surface area contributed by atoms with E-state index in [9.17, 15) is 0 Å². The Morgan fingerprint density at radius 2 is 1.88 bits per heavy atom. The monoisotopic (exact) mass is 225 g/mol. The van der Waals surface area contributed by atoms with E-state index in [-0.39, 0.29) is 0 Å². The number of hydrazine groups is 1. The maximum absolute atomic E-state index is 4.21. The number of rotatable bonds is 3. The van der Waals surface area contributed by atoms with E-state index >= 15 is 0 Å². The van der Waals surface area contributed by atoms with Gasteiger partial charge in [0.05, 0.1) is 5.69 Å². The quantitative estimate of drug-likeness (QED) is 0.870. The zero-order valence-electron chi connectivity index (χ0n) is 9.63. The van der Waals surface area contributed by atoms with Crippen LogP contribution in [0.4, 0.5) is 5.69 Å². The number of anilines is 1. The van der Waals surface area contributed by atoms with Crippen molar-refractivity contribution >= 4 is 5.69 Å². The molecule has 0 amide bonds. The van der Waals surface area contributed by atoms with Crippen molar-refractivity contribution in [1.29, 1.82) is 0 Å². The van der Waals surface area contributed by atoms with Crippen LogP contribution in [0.1, 0.15) is 6.42 Å². The van der Waals surface area contributed by atoms with Crippen LogP contribution < -0.4 is 5.43 Å². The molecule has 1 aliphatic heterocycles. The number of benzene rings is 1. The highest BCUT2D eigenvalue weighted by Crippen LogP contribution is 2.27. The van der Waals surface area contributed by atoms with Gasteiger partial charge < -0.3 is 5.43 Å². The lowest BCUT2D eigenvalue weighted by Crippen LogP contribution is -2.41. The van der Waals surface area contributed by atoms with Crippen LogP contribution in [0.25, 0.3) is 11.1 Å². The topological polar surface area (TPSA) is 28.2 Å². The third kappa shape index (κ3) is 2.15. The highest BCUT2D eigenvalue weighted by molar-refractivity contribution is 5.76. The number of nitrogens with one attached hydrogen (secondary N) is 1. The van der Waals surface area contributed by atoms with E-state index in [0.29, 0.717) is 0 Å². The molecule has 1 aromatic carbocycles. The summed E-state index contributed by atoms with van der Waals surface area (Å²) in [7, 11) is 0. The van der Waals surface area contributed by atoms with E-state index in [1.165, 1.54) is 12.0 Å². The van der Waals surface area contributed by atoms with Crippen molar-refractivity contribution < 1.29 is 0 Å². The van der Waals surface area contributed by atoms with Gasteiger partial charge in [-0.25, -0.2) is 5.01 Å². The highest BCUT2D eigenvalue weighted by Gasteiger charge is 2.15. The molecule has 0 unspecified atom stereocenters. The summed E-state index contributed by atoms with van der Waals surface area (Å²) in [5.41, 5.74) is 6.92. The summed E-state index contributed by atoms with van der Waals surface area (Å²) in [6.07, 6.45) is 5.02. The fourth-order valence-electron chi connectivity index (χ4n) is 1.94. The molecule has 1 N–H and O–H groups in total. The van der Waals surface area contributed by atoms with Gasteiger partial charge in [-0.3, -0.25) is 4.98 Å². The summed E-state index contributed by atoms with van der Waals surface area (Å²) in [6.45, 7) is 2.24. The zero-order valence-corrected chi connectivity index (χ0v) is 9.63. The van der Waals surface area contributed by atoms with E-state index in [1.807, 2.05) is 24.5 Å². The van der Waals surface area contributed by atoms with E-state index in [1.54, 1.807) is 0 Å².